The molecule has 0 aromatic carbocycles. The van der Waals surface area contributed by atoms with Crippen LogP contribution in [0.3, 0.4) is 0 Å². The van der Waals surface area contributed by atoms with Crippen molar-refractivity contribution in [3.8, 4) is 0 Å². The van der Waals surface area contributed by atoms with Crippen molar-refractivity contribution in [1.29, 1.82) is 0 Å². The molecule has 0 aromatic rings. The number of halogens is 1. The van der Waals surface area contributed by atoms with Crippen LogP contribution in [-0.4, -0.2) is 36.4 Å². The molecule has 0 radical (unpaired) electrons. The summed E-state index contributed by atoms with van der Waals surface area (Å²) in [4.78, 5) is 22.3. The zero-order valence-electron chi connectivity index (χ0n) is 11.0. The molecule has 0 aliphatic carbocycles. The fourth-order valence-electron chi connectivity index (χ4n) is 0.865. The summed E-state index contributed by atoms with van der Waals surface area (Å²) in [7, 11) is 0. The highest BCUT2D eigenvalue weighted by Crippen LogP contribution is 2.07. The SMILES string of the molecule is CC(C)(C)OC(=O)NCCNC(=O)C(C)(C)F. The van der Waals surface area contributed by atoms with E-state index in [0.717, 1.165) is 0 Å². The van der Waals surface area contributed by atoms with E-state index in [1.807, 2.05) is 0 Å². The van der Waals surface area contributed by atoms with Crippen LogP contribution < -0.4 is 10.6 Å². The number of alkyl halides is 1. The van der Waals surface area contributed by atoms with Crippen molar-refractivity contribution < 1.29 is 18.7 Å². The fraction of sp³-hybridized carbons (Fsp3) is 0.818. The van der Waals surface area contributed by atoms with Gasteiger partial charge in [0.05, 0.1) is 0 Å². The summed E-state index contributed by atoms with van der Waals surface area (Å²) in [5, 5.41) is 4.80. The van der Waals surface area contributed by atoms with E-state index in [0.29, 0.717) is 0 Å². The molecule has 0 atom stereocenters. The third kappa shape index (κ3) is 8.47. The summed E-state index contributed by atoms with van der Waals surface area (Å²) >= 11 is 0. The van der Waals surface area contributed by atoms with Gasteiger partial charge in [-0.1, -0.05) is 0 Å². The lowest BCUT2D eigenvalue weighted by atomic mass is 10.1. The second kappa shape index (κ2) is 5.84. The van der Waals surface area contributed by atoms with Crippen LogP contribution in [0.1, 0.15) is 34.6 Å². The molecular formula is C11H21FN2O3. The van der Waals surface area contributed by atoms with Crippen LogP contribution in [-0.2, 0) is 9.53 Å². The lowest BCUT2D eigenvalue weighted by Crippen LogP contribution is -2.43. The monoisotopic (exact) mass is 248 g/mol. The van der Waals surface area contributed by atoms with E-state index < -0.39 is 23.3 Å². The Kier molecular flexibility index (Phi) is 5.38. The Balaban J connectivity index is 3.73. The number of hydrogen-bond donors (Lipinski definition) is 2. The van der Waals surface area contributed by atoms with Gasteiger partial charge >= 0.3 is 6.09 Å². The molecule has 0 aliphatic heterocycles. The van der Waals surface area contributed by atoms with Gasteiger partial charge in [-0.25, -0.2) is 9.18 Å². The average Bonchev–Trinajstić information content (AvgIpc) is 2.07. The highest BCUT2D eigenvalue weighted by molar-refractivity contribution is 5.84. The predicted octanol–water partition coefficient (Wildman–Crippen LogP) is 1.38. The third-order valence-corrected chi connectivity index (χ3v) is 1.62. The molecule has 2 N–H and O–H groups in total. The molecule has 0 saturated carbocycles. The highest BCUT2D eigenvalue weighted by atomic mass is 19.1. The van der Waals surface area contributed by atoms with Gasteiger partial charge in [-0.15, -0.1) is 0 Å². The summed E-state index contributed by atoms with van der Waals surface area (Å²) in [6.45, 7) is 7.94. The predicted molar refractivity (Wildman–Crippen MR) is 62.4 cm³/mol. The number of ether oxygens (including phenoxy) is 1. The number of hydrogen-bond acceptors (Lipinski definition) is 3. The van der Waals surface area contributed by atoms with Crippen LogP contribution in [0.25, 0.3) is 0 Å². The van der Waals surface area contributed by atoms with Gasteiger partial charge < -0.3 is 15.4 Å². The summed E-state index contributed by atoms with van der Waals surface area (Å²) < 4.78 is 18.0. The first-order valence-corrected chi connectivity index (χ1v) is 5.46. The van der Waals surface area contributed by atoms with Gasteiger partial charge in [-0.05, 0) is 34.6 Å². The Morgan fingerprint density at radius 1 is 1.06 bits per heavy atom. The molecule has 0 aliphatic rings. The lowest BCUT2D eigenvalue weighted by molar-refractivity contribution is -0.130. The molecule has 0 heterocycles. The molecule has 100 valence electrons. The average molecular weight is 248 g/mol. The van der Waals surface area contributed by atoms with E-state index in [1.165, 1.54) is 13.8 Å². The molecule has 0 spiro atoms. The van der Waals surface area contributed by atoms with E-state index in [-0.39, 0.29) is 13.1 Å². The minimum absolute atomic E-state index is 0.158. The first kappa shape index (κ1) is 15.7. The van der Waals surface area contributed by atoms with Gasteiger partial charge in [-0.2, -0.15) is 0 Å². The standard InChI is InChI=1S/C11H21FN2O3/c1-10(2,3)17-9(16)14-7-6-13-8(15)11(4,5)12/h6-7H2,1-5H3,(H,13,15)(H,14,16). The Hall–Kier alpha value is -1.33. The molecule has 0 aromatic heterocycles. The molecule has 0 unspecified atom stereocenters. The van der Waals surface area contributed by atoms with Crippen LogP contribution in [0.15, 0.2) is 0 Å². The molecular weight excluding hydrogens is 227 g/mol. The van der Waals surface area contributed by atoms with Crippen molar-refractivity contribution in [1.82, 2.24) is 10.6 Å². The van der Waals surface area contributed by atoms with Crippen LogP contribution in [0.4, 0.5) is 9.18 Å². The number of alkyl carbamates (subject to hydrolysis) is 1. The third-order valence-electron chi connectivity index (χ3n) is 1.62. The zero-order valence-corrected chi connectivity index (χ0v) is 11.0. The van der Waals surface area contributed by atoms with E-state index in [2.05, 4.69) is 10.6 Å². The fourth-order valence-corrected chi connectivity index (χ4v) is 0.865. The summed E-state index contributed by atoms with van der Waals surface area (Å²) in [6, 6.07) is 0. The second-order valence-corrected chi connectivity index (χ2v) is 5.16. The summed E-state index contributed by atoms with van der Waals surface area (Å²) in [5.74, 6) is -0.705. The number of amides is 2. The maximum Gasteiger partial charge on any atom is 0.407 e. The molecule has 0 bridgehead atoms. The molecule has 0 saturated heterocycles. The first-order chi connectivity index (χ1) is 7.52. The number of carbonyl (C=O) groups excluding carboxylic acids is 2. The van der Waals surface area contributed by atoms with Crippen molar-refractivity contribution >= 4 is 12.0 Å². The maximum atomic E-state index is 13.1. The van der Waals surface area contributed by atoms with Crippen molar-refractivity contribution in [2.75, 3.05) is 13.1 Å². The van der Waals surface area contributed by atoms with Crippen LogP contribution in [0.5, 0.6) is 0 Å². The molecule has 17 heavy (non-hydrogen) atoms. The quantitative estimate of drug-likeness (QED) is 0.738. The van der Waals surface area contributed by atoms with Gasteiger partial charge in [-0.3, -0.25) is 4.79 Å². The van der Waals surface area contributed by atoms with E-state index in [9.17, 15) is 14.0 Å². The summed E-state index contributed by atoms with van der Waals surface area (Å²) in [6.07, 6.45) is -0.564. The maximum absolute atomic E-state index is 13.1. The Morgan fingerprint density at radius 2 is 1.53 bits per heavy atom. The van der Waals surface area contributed by atoms with Gasteiger partial charge in [0.15, 0.2) is 5.67 Å². The van der Waals surface area contributed by atoms with Crippen LogP contribution in [0, 0.1) is 0 Å². The van der Waals surface area contributed by atoms with Gasteiger partial charge in [0.2, 0.25) is 0 Å². The molecule has 6 heteroatoms. The Morgan fingerprint density at radius 3 is 1.94 bits per heavy atom. The van der Waals surface area contributed by atoms with Gasteiger partial charge in [0, 0.05) is 13.1 Å². The topological polar surface area (TPSA) is 67.4 Å². The van der Waals surface area contributed by atoms with Crippen molar-refractivity contribution in [3.63, 3.8) is 0 Å². The van der Waals surface area contributed by atoms with Gasteiger partial charge in [0.25, 0.3) is 5.91 Å². The Labute approximate surface area is 101 Å². The van der Waals surface area contributed by atoms with Crippen molar-refractivity contribution in [3.05, 3.63) is 0 Å². The lowest BCUT2D eigenvalue weighted by Gasteiger charge is -2.20. The summed E-state index contributed by atoms with van der Waals surface area (Å²) in [5.41, 5.74) is -2.47. The van der Waals surface area contributed by atoms with Crippen LogP contribution in [0.2, 0.25) is 0 Å². The normalized spacial score (nSPS) is 11.9. The second-order valence-electron chi connectivity index (χ2n) is 5.16. The number of carbonyl (C=O) groups is 2. The first-order valence-electron chi connectivity index (χ1n) is 5.46. The van der Waals surface area contributed by atoms with E-state index in [1.54, 1.807) is 20.8 Å². The smallest absolute Gasteiger partial charge is 0.407 e. The van der Waals surface area contributed by atoms with E-state index >= 15 is 0 Å². The minimum atomic E-state index is -1.91. The Bertz CT molecular complexity index is 279. The highest BCUT2D eigenvalue weighted by Gasteiger charge is 2.25. The zero-order chi connectivity index (χ0) is 13.7. The number of nitrogens with one attached hydrogen (secondary N) is 2. The molecule has 0 rings (SSSR count). The van der Waals surface area contributed by atoms with Crippen LogP contribution >= 0.6 is 0 Å². The van der Waals surface area contributed by atoms with E-state index in [4.69, 9.17) is 4.74 Å². The minimum Gasteiger partial charge on any atom is -0.444 e. The molecule has 0 fully saturated rings. The molecule has 2 amide bonds. The van der Waals surface area contributed by atoms with Gasteiger partial charge in [0.1, 0.15) is 5.60 Å². The largest absolute Gasteiger partial charge is 0.444 e. The molecule has 5 nitrogen and oxygen atoms in total. The number of rotatable bonds is 4. The van der Waals surface area contributed by atoms with Crippen molar-refractivity contribution in [2.45, 2.75) is 45.9 Å². The van der Waals surface area contributed by atoms with Crippen molar-refractivity contribution in [2.24, 2.45) is 0 Å².